The summed E-state index contributed by atoms with van der Waals surface area (Å²) in [5, 5.41) is 2.96. The van der Waals surface area contributed by atoms with E-state index in [1.165, 1.54) is 0 Å². The molecule has 2 amide bonds. The first-order valence-electron chi connectivity index (χ1n) is 9.95. The quantitative estimate of drug-likeness (QED) is 0.767. The molecule has 0 unspecified atom stereocenters. The van der Waals surface area contributed by atoms with E-state index in [2.05, 4.69) is 10.3 Å². The van der Waals surface area contributed by atoms with Crippen LogP contribution in [-0.2, 0) is 27.4 Å². The highest BCUT2D eigenvalue weighted by Crippen LogP contribution is 2.39. The van der Waals surface area contributed by atoms with Gasteiger partial charge in [-0.15, -0.1) is 0 Å². The highest BCUT2D eigenvalue weighted by Gasteiger charge is 2.47. The van der Waals surface area contributed by atoms with Crippen molar-refractivity contribution in [3.63, 3.8) is 0 Å². The largest absolute Gasteiger partial charge is 0.497 e. The molecule has 2 aliphatic rings. The van der Waals surface area contributed by atoms with Crippen molar-refractivity contribution < 1.29 is 19.1 Å². The van der Waals surface area contributed by atoms with Crippen molar-refractivity contribution in [2.45, 2.75) is 51.0 Å². The van der Waals surface area contributed by atoms with Crippen molar-refractivity contribution in [3.05, 3.63) is 48.0 Å². The minimum absolute atomic E-state index is 0.0681. The zero-order chi connectivity index (χ0) is 20.4. The summed E-state index contributed by atoms with van der Waals surface area (Å²) in [6.07, 6.45) is 4.64. The van der Waals surface area contributed by atoms with Gasteiger partial charge in [-0.05, 0) is 37.5 Å². The number of imidazole rings is 1. The molecule has 2 fully saturated rings. The predicted octanol–water partition coefficient (Wildman–Crippen LogP) is 1.66. The lowest BCUT2D eigenvalue weighted by molar-refractivity contribution is -0.165. The lowest BCUT2D eigenvalue weighted by atomic mass is 9.96. The van der Waals surface area contributed by atoms with Crippen molar-refractivity contribution in [1.82, 2.24) is 19.8 Å². The van der Waals surface area contributed by atoms with Gasteiger partial charge in [0.15, 0.2) is 6.10 Å². The first kappa shape index (κ1) is 19.4. The summed E-state index contributed by atoms with van der Waals surface area (Å²) < 4.78 is 13.0. The standard InChI is InChI=1S/C21H26N4O4/c1-3-24-13-22-10-16(24)11-23-21(27)20-19(14-4-8-17(28-2)9-5-14)25(15-6-7-15)18(26)12-29-20/h4-5,8-10,13,15,19-20H,3,6-7,11-12H2,1-2H3,(H,23,27)/t19-,20+/m1/s1. The number of benzene rings is 1. The molecule has 4 rings (SSSR count). The molecule has 0 bridgehead atoms. The molecule has 1 aliphatic heterocycles. The molecule has 29 heavy (non-hydrogen) atoms. The molecule has 0 radical (unpaired) electrons. The molecule has 2 heterocycles. The summed E-state index contributed by atoms with van der Waals surface area (Å²) in [4.78, 5) is 31.6. The number of nitrogens with zero attached hydrogens (tertiary/aromatic N) is 3. The van der Waals surface area contributed by atoms with Crippen LogP contribution in [0.4, 0.5) is 0 Å². The molecule has 1 saturated heterocycles. The topological polar surface area (TPSA) is 85.7 Å². The van der Waals surface area contributed by atoms with Gasteiger partial charge in [0.25, 0.3) is 5.91 Å². The van der Waals surface area contributed by atoms with Crippen molar-refractivity contribution in [2.24, 2.45) is 0 Å². The summed E-state index contributed by atoms with van der Waals surface area (Å²) in [6.45, 7) is 3.09. The maximum Gasteiger partial charge on any atom is 0.252 e. The van der Waals surface area contributed by atoms with E-state index in [-0.39, 0.29) is 24.5 Å². The van der Waals surface area contributed by atoms with Crippen LogP contribution in [0.25, 0.3) is 0 Å². The normalized spacial score (nSPS) is 21.9. The molecular weight excluding hydrogens is 372 g/mol. The first-order valence-corrected chi connectivity index (χ1v) is 9.95. The molecule has 0 spiro atoms. The highest BCUT2D eigenvalue weighted by atomic mass is 16.5. The average molecular weight is 398 g/mol. The molecule has 1 aromatic heterocycles. The summed E-state index contributed by atoms with van der Waals surface area (Å²) in [5.74, 6) is 0.429. The number of morpholine rings is 1. The third-order valence-corrected chi connectivity index (χ3v) is 5.50. The van der Waals surface area contributed by atoms with E-state index in [1.807, 2.05) is 40.7 Å². The number of amides is 2. The minimum atomic E-state index is -0.764. The SMILES string of the molecule is CCn1cncc1CNC(=O)[C@H]1OCC(=O)N(C2CC2)[C@@H]1c1ccc(OC)cc1. The lowest BCUT2D eigenvalue weighted by Crippen LogP contribution is -2.55. The molecular formula is C21H26N4O4. The zero-order valence-corrected chi connectivity index (χ0v) is 16.7. The van der Waals surface area contributed by atoms with Crippen LogP contribution >= 0.6 is 0 Å². The van der Waals surface area contributed by atoms with Crippen LogP contribution < -0.4 is 10.1 Å². The number of methoxy groups -OCH3 is 1. The molecule has 154 valence electrons. The number of carbonyl (C=O) groups is 2. The van der Waals surface area contributed by atoms with Gasteiger partial charge in [-0.1, -0.05) is 12.1 Å². The van der Waals surface area contributed by atoms with Crippen LogP contribution in [0.3, 0.4) is 0 Å². The zero-order valence-electron chi connectivity index (χ0n) is 16.7. The van der Waals surface area contributed by atoms with E-state index < -0.39 is 12.1 Å². The van der Waals surface area contributed by atoms with E-state index in [0.717, 1.165) is 36.4 Å². The molecule has 1 N–H and O–H groups in total. The Hall–Kier alpha value is -2.87. The van der Waals surface area contributed by atoms with Gasteiger partial charge in [-0.2, -0.15) is 0 Å². The third-order valence-electron chi connectivity index (χ3n) is 5.50. The fourth-order valence-electron chi connectivity index (χ4n) is 3.83. The van der Waals surface area contributed by atoms with E-state index in [4.69, 9.17) is 9.47 Å². The molecule has 1 aliphatic carbocycles. The Kier molecular flexibility index (Phi) is 5.53. The molecule has 1 saturated carbocycles. The summed E-state index contributed by atoms with van der Waals surface area (Å²) in [7, 11) is 1.61. The number of nitrogens with one attached hydrogen (secondary N) is 1. The molecule has 1 aromatic carbocycles. The van der Waals surface area contributed by atoms with E-state index >= 15 is 0 Å². The second-order valence-corrected chi connectivity index (χ2v) is 7.37. The number of rotatable bonds is 7. The van der Waals surface area contributed by atoms with Gasteiger partial charge in [0, 0.05) is 18.8 Å². The van der Waals surface area contributed by atoms with Gasteiger partial charge in [-0.3, -0.25) is 9.59 Å². The Bertz CT molecular complexity index is 875. The number of ether oxygens (including phenoxy) is 2. The van der Waals surface area contributed by atoms with E-state index in [0.29, 0.717) is 6.54 Å². The van der Waals surface area contributed by atoms with E-state index in [1.54, 1.807) is 19.6 Å². The van der Waals surface area contributed by atoms with Gasteiger partial charge in [0.2, 0.25) is 5.91 Å². The van der Waals surface area contributed by atoms with Crippen molar-refractivity contribution in [1.29, 1.82) is 0 Å². The number of hydrogen-bond acceptors (Lipinski definition) is 5. The van der Waals surface area contributed by atoms with Crippen LogP contribution in [-0.4, -0.2) is 52.1 Å². The second-order valence-electron chi connectivity index (χ2n) is 7.37. The van der Waals surface area contributed by atoms with Crippen LogP contribution in [0.1, 0.15) is 37.1 Å². The first-order chi connectivity index (χ1) is 14.1. The minimum Gasteiger partial charge on any atom is -0.497 e. The van der Waals surface area contributed by atoms with Crippen molar-refractivity contribution in [2.75, 3.05) is 13.7 Å². The van der Waals surface area contributed by atoms with Gasteiger partial charge < -0.3 is 24.3 Å². The van der Waals surface area contributed by atoms with Crippen LogP contribution in [0.5, 0.6) is 5.75 Å². The number of aromatic nitrogens is 2. The van der Waals surface area contributed by atoms with Gasteiger partial charge in [-0.25, -0.2) is 4.98 Å². The van der Waals surface area contributed by atoms with Crippen LogP contribution in [0.15, 0.2) is 36.8 Å². The molecule has 8 nitrogen and oxygen atoms in total. The Morgan fingerprint density at radius 2 is 2.07 bits per heavy atom. The third kappa shape index (κ3) is 3.98. The second kappa shape index (κ2) is 8.24. The summed E-state index contributed by atoms with van der Waals surface area (Å²) >= 11 is 0. The van der Waals surface area contributed by atoms with Gasteiger partial charge in [0.05, 0.1) is 31.7 Å². The van der Waals surface area contributed by atoms with E-state index in [9.17, 15) is 9.59 Å². The highest BCUT2D eigenvalue weighted by molar-refractivity contribution is 5.86. The Morgan fingerprint density at radius 1 is 1.31 bits per heavy atom. The molecule has 2 atom stereocenters. The van der Waals surface area contributed by atoms with Crippen molar-refractivity contribution in [3.8, 4) is 5.75 Å². The molecule has 2 aromatic rings. The average Bonchev–Trinajstić information content (AvgIpc) is 3.48. The fraction of sp³-hybridized carbons (Fsp3) is 0.476. The fourth-order valence-corrected chi connectivity index (χ4v) is 3.83. The number of hydrogen-bond donors (Lipinski definition) is 1. The smallest absolute Gasteiger partial charge is 0.252 e. The number of aryl methyl sites for hydroxylation is 1. The van der Waals surface area contributed by atoms with Gasteiger partial charge in [0.1, 0.15) is 12.4 Å². The number of carbonyl (C=O) groups excluding carboxylic acids is 2. The maximum atomic E-state index is 13.1. The lowest BCUT2D eigenvalue weighted by Gasteiger charge is -2.40. The van der Waals surface area contributed by atoms with Crippen molar-refractivity contribution >= 4 is 11.8 Å². The Morgan fingerprint density at radius 3 is 2.72 bits per heavy atom. The Balaban J connectivity index is 1.57. The van der Waals surface area contributed by atoms with Crippen LogP contribution in [0, 0.1) is 0 Å². The molecule has 8 heteroatoms. The Labute approximate surface area is 169 Å². The van der Waals surface area contributed by atoms with Crippen LogP contribution in [0.2, 0.25) is 0 Å². The summed E-state index contributed by atoms with van der Waals surface area (Å²) in [6, 6.07) is 7.20. The van der Waals surface area contributed by atoms with Gasteiger partial charge >= 0.3 is 0 Å². The summed E-state index contributed by atoms with van der Waals surface area (Å²) in [5.41, 5.74) is 1.79. The monoisotopic (exact) mass is 398 g/mol. The maximum absolute atomic E-state index is 13.1. The predicted molar refractivity (Wildman–Crippen MR) is 105 cm³/mol.